The summed E-state index contributed by atoms with van der Waals surface area (Å²) in [4.78, 5) is 0. The first-order valence-electron chi connectivity index (χ1n) is 2.70. The van der Waals surface area contributed by atoms with Crippen LogP contribution in [0.5, 0.6) is 0 Å². The van der Waals surface area contributed by atoms with Crippen LogP contribution >= 0.6 is 11.8 Å². The third-order valence-corrected chi connectivity index (χ3v) is 1.55. The normalized spacial score (nSPS) is 35.2. The molecule has 0 bridgehead atoms. The second-order valence-electron chi connectivity index (χ2n) is 2.01. The summed E-state index contributed by atoms with van der Waals surface area (Å²) in [5, 5.41) is 0. The van der Waals surface area contributed by atoms with Gasteiger partial charge in [-0.3, -0.25) is 0 Å². The van der Waals surface area contributed by atoms with Crippen molar-refractivity contribution in [3.05, 3.63) is 0 Å². The molecule has 48 valence electrons. The van der Waals surface area contributed by atoms with E-state index < -0.39 is 0 Å². The number of nitrogens with two attached hydrogens (primary N) is 1. The third kappa shape index (κ3) is 1.65. The molecule has 3 heteroatoms. The van der Waals surface area contributed by atoms with E-state index in [1.54, 1.807) is 11.8 Å². The van der Waals surface area contributed by atoms with Crippen LogP contribution in [0.4, 0.5) is 0 Å². The van der Waals surface area contributed by atoms with Gasteiger partial charge in [0.15, 0.2) is 0 Å². The van der Waals surface area contributed by atoms with E-state index in [0.717, 1.165) is 12.4 Å². The smallest absolute Gasteiger partial charge is 0.0922 e. The van der Waals surface area contributed by atoms with E-state index in [0.29, 0.717) is 12.1 Å². The molecule has 1 fully saturated rings. The molecule has 0 saturated heterocycles. The van der Waals surface area contributed by atoms with Crippen LogP contribution in [0.3, 0.4) is 0 Å². The Bertz CT molecular complexity index is 78.8. The van der Waals surface area contributed by atoms with Crippen molar-refractivity contribution >= 4 is 11.8 Å². The van der Waals surface area contributed by atoms with Crippen molar-refractivity contribution in [3.8, 4) is 0 Å². The second-order valence-corrected chi connectivity index (χ2v) is 2.82. The van der Waals surface area contributed by atoms with Crippen LogP contribution in [0.2, 0.25) is 0 Å². The van der Waals surface area contributed by atoms with Gasteiger partial charge in [0.1, 0.15) is 0 Å². The fraction of sp³-hybridized carbons (Fsp3) is 1.00. The summed E-state index contributed by atoms with van der Waals surface area (Å²) >= 11 is 1.69. The summed E-state index contributed by atoms with van der Waals surface area (Å²) in [5.74, 6) is 0.790. The maximum Gasteiger partial charge on any atom is 0.0922 e. The maximum atomic E-state index is 5.47. The number of thioether (sulfide) groups is 1. The quantitative estimate of drug-likeness (QED) is 0.567. The highest BCUT2D eigenvalue weighted by atomic mass is 32.2. The van der Waals surface area contributed by atoms with Crippen LogP contribution < -0.4 is 5.73 Å². The van der Waals surface area contributed by atoms with Crippen molar-refractivity contribution < 1.29 is 4.74 Å². The molecule has 0 amide bonds. The van der Waals surface area contributed by atoms with Gasteiger partial charge in [0.25, 0.3) is 0 Å². The predicted molar refractivity (Wildman–Crippen MR) is 35.8 cm³/mol. The first-order chi connectivity index (χ1) is 3.84. The third-order valence-electron chi connectivity index (χ3n) is 1.18. The Labute approximate surface area is 53.8 Å². The summed E-state index contributed by atoms with van der Waals surface area (Å²) in [5.41, 5.74) is 5.47. The van der Waals surface area contributed by atoms with Crippen LogP contribution in [-0.2, 0) is 4.74 Å². The molecule has 0 radical (unpaired) electrons. The summed E-state index contributed by atoms with van der Waals surface area (Å²) < 4.78 is 5.25. The lowest BCUT2D eigenvalue weighted by Crippen LogP contribution is -2.07. The first kappa shape index (κ1) is 6.39. The molecular formula is C5H11NOS. The average molecular weight is 133 g/mol. The van der Waals surface area contributed by atoms with Gasteiger partial charge in [0.2, 0.25) is 0 Å². The van der Waals surface area contributed by atoms with Gasteiger partial charge >= 0.3 is 0 Å². The van der Waals surface area contributed by atoms with E-state index in [-0.39, 0.29) is 0 Å². The lowest BCUT2D eigenvalue weighted by molar-refractivity contribution is 0.163. The minimum absolute atomic E-state index is 0.335. The van der Waals surface area contributed by atoms with Crippen molar-refractivity contribution in [2.75, 3.05) is 12.2 Å². The fourth-order valence-electron chi connectivity index (χ4n) is 0.537. The second kappa shape index (κ2) is 2.71. The molecule has 1 aliphatic rings. The SMILES string of the molecule is CSCOC1CC1N. The van der Waals surface area contributed by atoms with Crippen molar-refractivity contribution in [1.82, 2.24) is 0 Å². The Morgan fingerprint density at radius 3 is 2.88 bits per heavy atom. The molecule has 1 saturated carbocycles. The molecule has 1 aliphatic carbocycles. The van der Waals surface area contributed by atoms with Crippen LogP contribution in [0, 0.1) is 0 Å². The van der Waals surface area contributed by atoms with E-state index in [1.807, 2.05) is 6.26 Å². The molecule has 0 aromatic heterocycles. The van der Waals surface area contributed by atoms with Crippen LogP contribution in [0.25, 0.3) is 0 Å². The predicted octanol–water partition coefficient (Wildman–Crippen LogP) is 0.423. The molecule has 0 aromatic rings. The van der Waals surface area contributed by atoms with Crippen molar-refractivity contribution in [2.24, 2.45) is 5.73 Å². The first-order valence-corrected chi connectivity index (χ1v) is 4.10. The molecular weight excluding hydrogens is 122 g/mol. The highest BCUT2D eigenvalue weighted by molar-refractivity contribution is 7.98. The number of hydrogen-bond acceptors (Lipinski definition) is 3. The molecule has 2 nitrogen and oxygen atoms in total. The van der Waals surface area contributed by atoms with E-state index in [1.165, 1.54) is 0 Å². The van der Waals surface area contributed by atoms with Gasteiger partial charge in [-0.15, -0.1) is 11.8 Å². The minimum atomic E-state index is 0.335. The zero-order valence-electron chi connectivity index (χ0n) is 4.96. The summed E-state index contributed by atoms with van der Waals surface area (Å²) in [6, 6.07) is 0.335. The Hall–Kier alpha value is 0.270. The lowest BCUT2D eigenvalue weighted by atomic mass is 10.7. The van der Waals surface area contributed by atoms with E-state index in [2.05, 4.69) is 0 Å². The average Bonchev–Trinajstić information content (AvgIpc) is 2.42. The molecule has 0 spiro atoms. The van der Waals surface area contributed by atoms with Gasteiger partial charge in [0.05, 0.1) is 12.0 Å². The van der Waals surface area contributed by atoms with Gasteiger partial charge in [0, 0.05) is 6.04 Å². The summed E-state index contributed by atoms with van der Waals surface area (Å²) in [6.45, 7) is 0. The van der Waals surface area contributed by atoms with Gasteiger partial charge in [-0.1, -0.05) is 0 Å². The molecule has 0 aromatic carbocycles. The van der Waals surface area contributed by atoms with Crippen molar-refractivity contribution in [3.63, 3.8) is 0 Å². The van der Waals surface area contributed by atoms with E-state index >= 15 is 0 Å². The van der Waals surface area contributed by atoms with Gasteiger partial charge < -0.3 is 10.5 Å². The van der Waals surface area contributed by atoms with Crippen LogP contribution in [-0.4, -0.2) is 24.3 Å². The molecule has 2 N–H and O–H groups in total. The van der Waals surface area contributed by atoms with Gasteiger partial charge in [-0.25, -0.2) is 0 Å². The lowest BCUT2D eigenvalue weighted by Gasteiger charge is -1.95. The standard InChI is InChI=1S/C5H11NOS/c1-8-3-7-5-2-4(5)6/h4-5H,2-3,6H2,1H3. The van der Waals surface area contributed by atoms with E-state index in [9.17, 15) is 0 Å². The van der Waals surface area contributed by atoms with Crippen molar-refractivity contribution in [2.45, 2.75) is 18.6 Å². The zero-order valence-corrected chi connectivity index (χ0v) is 5.78. The summed E-state index contributed by atoms with van der Waals surface area (Å²) in [6.07, 6.45) is 3.46. The highest BCUT2D eigenvalue weighted by Gasteiger charge is 2.34. The zero-order chi connectivity index (χ0) is 5.98. The summed E-state index contributed by atoms with van der Waals surface area (Å²) in [7, 11) is 0. The van der Waals surface area contributed by atoms with Crippen LogP contribution in [0.1, 0.15) is 6.42 Å². The molecule has 2 atom stereocenters. The molecule has 8 heavy (non-hydrogen) atoms. The number of hydrogen-bond donors (Lipinski definition) is 1. The molecule has 0 heterocycles. The minimum Gasteiger partial charge on any atom is -0.366 e. The Morgan fingerprint density at radius 2 is 2.50 bits per heavy atom. The van der Waals surface area contributed by atoms with Gasteiger partial charge in [-0.05, 0) is 12.7 Å². The maximum absolute atomic E-state index is 5.47. The Morgan fingerprint density at radius 1 is 1.88 bits per heavy atom. The molecule has 1 rings (SSSR count). The molecule has 0 aliphatic heterocycles. The van der Waals surface area contributed by atoms with Gasteiger partial charge in [-0.2, -0.15) is 0 Å². The fourth-order valence-corrected chi connectivity index (χ4v) is 0.848. The number of rotatable bonds is 3. The number of ether oxygens (including phenoxy) is 1. The Balaban J connectivity index is 1.89. The monoisotopic (exact) mass is 133 g/mol. The topological polar surface area (TPSA) is 35.2 Å². The largest absolute Gasteiger partial charge is 0.366 e. The van der Waals surface area contributed by atoms with Crippen molar-refractivity contribution in [1.29, 1.82) is 0 Å². The van der Waals surface area contributed by atoms with Crippen LogP contribution in [0.15, 0.2) is 0 Å². The Kier molecular flexibility index (Phi) is 2.16. The highest BCUT2D eigenvalue weighted by Crippen LogP contribution is 2.22. The van der Waals surface area contributed by atoms with E-state index in [4.69, 9.17) is 10.5 Å². The molecule has 2 unspecified atom stereocenters.